The molecule has 4 aromatic carbocycles. The number of hydrogen-bond donors (Lipinski definition) is 1. The van der Waals surface area contributed by atoms with Gasteiger partial charge in [0.05, 0.1) is 16.8 Å². The molecule has 0 saturated heterocycles. The molecule has 0 aliphatic carbocycles. The second-order valence-corrected chi connectivity index (χ2v) is 22.8. The van der Waals surface area contributed by atoms with E-state index >= 15 is 0 Å². The van der Waals surface area contributed by atoms with Crippen molar-refractivity contribution in [1.82, 2.24) is 29.9 Å². The van der Waals surface area contributed by atoms with E-state index in [2.05, 4.69) is 40.2 Å². The molecule has 2 aromatic heterocycles. The number of oxime groups is 2. The van der Waals surface area contributed by atoms with Crippen LogP contribution in [0.1, 0.15) is 55.2 Å². The first-order valence-electron chi connectivity index (χ1n) is 18.0. The van der Waals surface area contributed by atoms with E-state index in [-0.39, 0.29) is 40.3 Å². The van der Waals surface area contributed by atoms with Gasteiger partial charge in [-0.1, -0.05) is 247 Å². The first-order valence-corrected chi connectivity index (χ1v) is 23.6. The van der Waals surface area contributed by atoms with Crippen LogP contribution in [-0.4, -0.2) is 57.8 Å². The van der Waals surface area contributed by atoms with Gasteiger partial charge in [0.25, 0.3) is 0 Å². The predicted octanol–water partition coefficient (Wildman–Crippen LogP) is 15.6. The van der Waals surface area contributed by atoms with E-state index < -0.39 is 21.1 Å². The average Bonchev–Trinajstić information content (AvgIpc) is 3.27. The number of carbonyl (C=O) groups is 1. The zero-order valence-electron chi connectivity index (χ0n) is 33.6. The molecule has 0 amide bonds. The van der Waals surface area contributed by atoms with E-state index in [9.17, 15) is 4.79 Å². The predicted molar refractivity (Wildman–Crippen MR) is 273 cm³/mol. The van der Waals surface area contributed by atoms with Gasteiger partial charge in [0, 0.05) is 29.2 Å². The molecule has 6 rings (SSSR count). The maximum Gasteiger partial charge on any atom is 0.331 e. The van der Waals surface area contributed by atoms with E-state index in [1.54, 1.807) is 38.1 Å². The summed E-state index contributed by atoms with van der Waals surface area (Å²) in [7, 11) is 0. The molecular weight excluding hydrogens is 1150 g/mol. The minimum absolute atomic E-state index is 0.164. The van der Waals surface area contributed by atoms with Gasteiger partial charge in [0.15, 0.2) is 34.9 Å². The summed E-state index contributed by atoms with van der Waals surface area (Å²) in [6.07, 6.45) is 0. The second-order valence-electron chi connectivity index (χ2n) is 12.9. The van der Waals surface area contributed by atoms with Gasteiger partial charge < -0.3 is 10.0 Å². The zero-order valence-corrected chi connectivity index (χ0v) is 44.2. The van der Waals surface area contributed by atoms with Crippen LogP contribution < -0.4 is 0 Å². The highest BCUT2D eigenvalue weighted by Gasteiger charge is 2.35. The fourth-order valence-corrected chi connectivity index (χ4v) is 6.47. The molecule has 0 saturated carbocycles. The maximum atomic E-state index is 11.1. The van der Waals surface area contributed by atoms with E-state index in [0.717, 1.165) is 33.4 Å². The van der Waals surface area contributed by atoms with Crippen LogP contribution in [0.15, 0.2) is 107 Å². The van der Waals surface area contributed by atoms with Gasteiger partial charge in [-0.3, -0.25) is 0 Å². The number of benzene rings is 4. The fraction of sp³-hybridized carbons (Fsp3) is 0.195. The van der Waals surface area contributed by atoms with Crippen LogP contribution in [0.4, 0.5) is 0 Å². The fourth-order valence-electron chi connectivity index (χ4n) is 5.45. The minimum Gasteiger partial charge on any atom is -0.411 e. The van der Waals surface area contributed by atoms with Gasteiger partial charge in [-0.15, -0.1) is 23.2 Å². The minimum atomic E-state index is -1.94. The molecule has 0 radical (unpaired) electrons. The van der Waals surface area contributed by atoms with Gasteiger partial charge in [-0.05, 0) is 36.1 Å². The lowest BCUT2D eigenvalue weighted by atomic mass is 9.96. The highest BCUT2D eigenvalue weighted by molar-refractivity contribution is 6.68. The van der Waals surface area contributed by atoms with E-state index in [0.29, 0.717) is 22.6 Å². The Morgan fingerprint density at radius 3 is 1.06 bits per heavy atom. The first-order chi connectivity index (χ1) is 30.8. The highest BCUT2D eigenvalue weighted by Crippen LogP contribution is 2.42. The topological polar surface area (TPSA) is 149 Å². The summed E-state index contributed by atoms with van der Waals surface area (Å²) in [5.41, 5.74) is 7.31. The van der Waals surface area contributed by atoms with E-state index in [4.69, 9.17) is 172 Å². The maximum absolute atomic E-state index is 11.1. The van der Waals surface area contributed by atoms with Crippen molar-refractivity contribution in [2.45, 2.75) is 35.9 Å². The largest absolute Gasteiger partial charge is 0.411 e. The van der Waals surface area contributed by atoms with E-state index in [1.807, 2.05) is 72.8 Å². The average molecular weight is 1180 g/mol. The summed E-state index contributed by atoms with van der Waals surface area (Å²) in [6, 6.07) is 29.6. The number of rotatable bonds is 7. The van der Waals surface area contributed by atoms with Gasteiger partial charge in [-0.25, -0.2) is 34.7 Å². The van der Waals surface area contributed by atoms with Crippen molar-refractivity contribution in [2.24, 2.45) is 10.3 Å². The molecule has 0 aliphatic heterocycles. The van der Waals surface area contributed by atoms with Crippen molar-refractivity contribution in [3.05, 3.63) is 131 Å². The second kappa shape index (κ2) is 24.4. The van der Waals surface area contributed by atoms with Crippen LogP contribution in [-0.2, 0) is 24.8 Å². The number of alkyl halides is 14. The van der Waals surface area contributed by atoms with Crippen LogP contribution in [0.5, 0.6) is 0 Å². The van der Waals surface area contributed by atoms with Crippen molar-refractivity contribution in [3.63, 3.8) is 0 Å². The molecule has 11 nitrogen and oxygen atoms in total. The lowest BCUT2D eigenvalue weighted by Gasteiger charge is -2.16. The van der Waals surface area contributed by atoms with Gasteiger partial charge in [0.2, 0.25) is 15.2 Å². The Morgan fingerprint density at radius 2 is 0.773 bits per heavy atom. The summed E-state index contributed by atoms with van der Waals surface area (Å²) in [6.45, 7) is 4.75. The smallest absolute Gasteiger partial charge is 0.331 e. The molecule has 2 heterocycles. The van der Waals surface area contributed by atoms with Crippen LogP contribution in [0, 0.1) is 0 Å². The van der Waals surface area contributed by atoms with E-state index in [1.165, 1.54) is 6.92 Å². The standard InChI is InChI=1S/C21H14Cl6N4O2.C19H12Cl6N4O.CH2Cl2/c1-11(31-33-12(2)32)15-5-3-4-6-16(15)13-7-9-14(10-8-13)17-28-18(20(22,23)24)30-19(29-17)21(25,26)27;1-10(29-30)13-4-2-3-5-14(13)11-6-8-12(9-7-11)15-26-16(18(20,21)22)28-17(27-15)19(23,24)25;2-1-3/h3-10H,1-2H3;2-9,30H,1H3;1H2/b31-11-;29-10+;. The van der Waals surface area contributed by atoms with Crippen LogP contribution >= 0.6 is 162 Å². The van der Waals surface area contributed by atoms with Crippen LogP contribution in [0.3, 0.4) is 0 Å². The van der Waals surface area contributed by atoms with Crippen molar-refractivity contribution in [1.29, 1.82) is 0 Å². The third kappa shape index (κ3) is 16.1. The molecule has 0 aliphatic rings. The van der Waals surface area contributed by atoms with Crippen LogP contribution in [0.2, 0.25) is 0 Å². The summed E-state index contributed by atoms with van der Waals surface area (Å²) < 4.78 is -7.75. The van der Waals surface area contributed by atoms with Crippen molar-refractivity contribution >= 4 is 180 Å². The highest BCUT2D eigenvalue weighted by atomic mass is 35.6. The monoisotopic (exact) mass is 1170 g/mol. The Bertz CT molecular complexity index is 2620. The van der Waals surface area contributed by atoms with Crippen molar-refractivity contribution in [2.75, 3.05) is 5.34 Å². The Hall–Kier alpha value is -2.43. The lowest BCUT2D eigenvalue weighted by molar-refractivity contribution is -0.140. The molecule has 0 atom stereocenters. The first kappa shape index (κ1) is 56.2. The number of hydrogen-bond acceptors (Lipinski definition) is 11. The summed E-state index contributed by atoms with van der Waals surface area (Å²) >= 11 is 80.7. The molecule has 348 valence electrons. The molecule has 0 unspecified atom stereocenters. The van der Waals surface area contributed by atoms with Gasteiger partial charge >= 0.3 is 5.97 Å². The number of carbonyl (C=O) groups excluding carboxylic acids is 1. The third-order valence-electron chi connectivity index (χ3n) is 8.29. The molecule has 0 fully saturated rings. The number of nitrogens with zero attached hydrogens (tertiary/aromatic N) is 8. The quantitative estimate of drug-likeness (QED) is 0.0542. The molecule has 0 bridgehead atoms. The Morgan fingerprint density at radius 1 is 0.485 bits per heavy atom. The Balaban J connectivity index is 0.000000273. The normalized spacial score (nSPS) is 12.4. The Kier molecular flexibility index (Phi) is 20.8. The van der Waals surface area contributed by atoms with Crippen molar-refractivity contribution in [3.8, 4) is 45.0 Å². The molecule has 1 N–H and O–H groups in total. The molecule has 66 heavy (non-hydrogen) atoms. The zero-order chi connectivity index (χ0) is 49.2. The van der Waals surface area contributed by atoms with Crippen molar-refractivity contribution < 1.29 is 14.8 Å². The summed E-state index contributed by atoms with van der Waals surface area (Å²) in [5, 5.41) is 16.5. The third-order valence-corrected chi connectivity index (χ3v) is 10.3. The molecule has 6 aromatic rings. The molecule has 0 spiro atoms. The van der Waals surface area contributed by atoms with Crippen LogP contribution in [0.25, 0.3) is 45.0 Å². The SMILES string of the molecule is C/C(=N\O)c1ccccc1-c1ccc(-c2nc(C(Cl)(Cl)Cl)nc(C(Cl)(Cl)Cl)n2)cc1.CC(=O)O/N=C(/C)c1ccccc1-c1ccc(-c2nc(C(Cl)(Cl)Cl)nc(C(Cl)(Cl)Cl)n2)cc1.ClCCl. The summed E-state index contributed by atoms with van der Waals surface area (Å²) in [4.78, 5) is 40.6. The Labute approximate surface area is 448 Å². The molecule has 25 heteroatoms. The number of halogens is 14. The lowest BCUT2D eigenvalue weighted by Crippen LogP contribution is -2.16. The van der Waals surface area contributed by atoms with Gasteiger partial charge in [0.1, 0.15) is 0 Å². The van der Waals surface area contributed by atoms with Gasteiger partial charge in [-0.2, -0.15) is 0 Å². The molecular formula is C41H28Cl14N8O3. The number of aromatic nitrogens is 6. The summed E-state index contributed by atoms with van der Waals surface area (Å²) in [5.74, 6) is -0.833.